The molecule has 1 aromatic rings. The van der Waals surface area contributed by atoms with Crippen molar-refractivity contribution in [3.8, 4) is 6.07 Å². The van der Waals surface area contributed by atoms with Crippen LogP contribution in [0.4, 0.5) is 0 Å². The maximum absolute atomic E-state index is 12.1. The summed E-state index contributed by atoms with van der Waals surface area (Å²) in [5.41, 5.74) is 0.906. The third-order valence-corrected chi connectivity index (χ3v) is 3.82. The van der Waals surface area contributed by atoms with Gasteiger partial charge >= 0.3 is 0 Å². The number of carbonyl (C=O) groups is 1. The van der Waals surface area contributed by atoms with E-state index in [1.807, 2.05) is 25.3 Å². The molecule has 0 saturated heterocycles. The molecule has 0 aliphatic rings. The van der Waals surface area contributed by atoms with Crippen molar-refractivity contribution in [2.45, 2.75) is 20.3 Å². The molecule has 1 aromatic heterocycles. The fraction of sp³-hybridized carbons (Fsp3) is 0.455. The van der Waals surface area contributed by atoms with Crippen LogP contribution in [-0.4, -0.2) is 23.9 Å². The molecule has 0 spiro atoms. The molecule has 3 nitrogen and oxygen atoms in total. The van der Waals surface area contributed by atoms with Crippen LogP contribution in [0.5, 0.6) is 0 Å². The standard InChI is InChI=1S/C11H13ClN2OS/c1-3-5-14(6-4-13)11(15)10-9(12)8(2)7-16-10/h7H,3,5-6H2,1-2H3. The van der Waals surface area contributed by atoms with Gasteiger partial charge in [0.05, 0.1) is 11.1 Å². The van der Waals surface area contributed by atoms with Crippen LogP contribution in [0.1, 0.15) is 28.6 Å². The molecule has 0 aromatic carbocycles. The van der Waals surface area contributed by atoms with Gasteiger partial charge in [0, 0.05) is 6.54 Å². The minimum atomic E-state index is -0.147. The highest BCUT2D eigenvalue weighted by Gasteiger charge is 2.20. The van der Waals surface area contributed by atoms with Crippen LogP contribution in [0.15, 0.2) is 5.38 Å². The second-order valence-electron chi connectivity index (χ2n) is 3.45. The number of halogens is 1. The van der Waals surface area contributed by atoms with E-state index >= 15 is 0 Å². The molecule has 0 aliphatic carbocycles. The normalized spacial score (nSPS) is 9.88. The number of thiophene rings is 1. The van der Waals surface area contributed by atoms with Gasteiger partial charge in [-0.05, 0) is 24.3 Å². The zero-order valence-corrected chi connectivity index (χ0v) is 10.9. The fourth-order valence-electron chi connectivity index (χ4n) is 1.33. The van der Waals surface area contributed by atoms with E-state index in [2.05, 4.69) is 0 Å². The molecule has 0 saturated carbocycles. The molecular weight excluding hydrogens is 244 g/mol. The number of amides is 1. The van der Waals surface area contributed by atoms with Gasteiger partial charge in [0.25, 0.3) is 5.91 Å². The SMILES string of the molecule is CCCN(CC#N)C(=O)c1scc(C)c1Cl. The molecule has 86 valence electrons. The summed E-state index contributed by atoms with van der Waals surface area (Å²) in [6.07, 6.45) is 0.829. The van der Waals surface area contributed by atoms with Crippen LogP contribution in [0.3, 0.4) is 0 Å². The fourth-order valence-corrected chi connectivity index (χ4v) is 2.57. The Morgan fingerprint density at radius 1 is 1.69 bits per heavy atom. The highest BCUT2D eigenvalue weighted by molar-refractivity contribution is 7.13. The lowest BCUT2D eigenvalue weighted by Crippen LogP contribution is -2.31. The molecule has 1 rings (SSSR count). The first-order chi connectivity index (χ1) is 7.61. The Morgan fingerprint density at radius 2 is 2.38 bits per heavy atom. The maximum atomic E-state index is 12.1. The number of hydrogen-bond donors (Lipinski definition) is 0. The lowest BCUT2D eigenvalue weighted by atomic mass is 10.3. The van der Waals surface area contributed by atoms with Crippen molar-refractivity contribution < 1.29 is 4.79 Å². The first-order valence-electron chi connectivity index (χ1n) is 5.01. The summed E-state index contributed by atoms with van der Waals surface area (Å²) in [6.45, 7) is 4.53. The Balaban J connectivity index is 2.91. The van der Waals surface area contributed by atoms with E-state index in [0.29, 0.717) is 16.4 Å². The van der Waals surface area contributed by atoms with Crippen LogP contribution in [0.2, 0.25) is 5.02 Å². The van der Waals surface area contributed by atoms with Gasteiger partial charge in [-0.25, -0.2) is 0 Å². The second kappa shape index (κ2) is 5.88. The largest absolute Gasteiger partial charge is 0.325 e. The van der Waals surface area contributed by atoms with Crippen LogP contribution in [0, 0.1) is 18.3 Å². The molecule has 0 unspecified atom stereocenters. The molecule has 0 radical (unpaired) electrons. The lowest BCUT2D eigenvalue weighted by Gasteiger charge is -2.17. The van der Waals surface area contributed by atoms with E-state index in [0.717, 1.165) is 12.0 Å². The van der Waals surface area contributed by atoms with E-state index < -0.39 is 0 Å². The molecule has 16 heavy (non-hydrogen) atoms. The van der Waals surface area contributed by atoms with Gasteiger partial charge in [-0.2, -0.15) is 5.26 Å². The number of nitriles is 1. The summed E-state index contributed by atoms with van der Waals surface area (Å²) >= 11 is 7.36. The Hall–Kier alpha value is -1.05. The monoisotopic (exact) mass is 256 g/mol. The molecule has 5 heteroatoms. The predicted octanol–water partition coefficient (Wildman–Crippen LogP) is 3.09. The third-order valence-electron chi connectivity index (χ3n) is 2.14. The van der Waals surface area contributed by atoms with Crippen molar-refractivity contribution in [2.24, 2.45) is 0 Å². The zero-order valence-electron chi connectivity index (χ0n) is 9.29. The van der Waals surface area contributed by atoms with Crippen LogP contribution in [0.25, 0.3) is 0 Å². The van der Waals surface area contributed by atoms with Crippen molar-refractivity contribution in [1.82, 2.24) is 4.90 Å². The molecule has 0 fully saturated rings. The van der Waals surface area contributed by atoms with E-state index in [-0.39, 0.29) is 12.5 Å². The van der Waals surface area contributed by atoms with E-state index in [4.69, 9.17) is 16.9 Å². The summed E-state index contributed by atoms with van der Waals surface area (Å²) in [5, 5.41) is 11.0. The van der Waals surface area contributed by atoms with Crippen molar-refractivity contribution in [2.75, 3.05) is 13.1 Å². The number of nitrogens with zero attached hydrogens (tertiary/aromatic N) is 2. The Labute approximate surface area is 104 Å². The van der Waals surface area contributed by atoms with E-state index in [1.54, 1.807) is 0 Å². The molecule has 0 bridgehead atoms. The molecule has 0 atom stereocenters. The lowest BCUT2D eigenvalue weighted by molar-refractivity contribution is 0.0781. The quantitative estimate of drug-likeness (QED) is 0.777. The number of aryl methyl sites for hydroxylation is 1. The van der Waals surface area contributed by atoms with Crippen LogP contribution < -0.4 is 0 Å². The molecular formula is C11H13ClN2OS. The van der Waals surface area contributed by atoms with Crippen molar-refractivity contribution >= 4 is 28.8 Å². The minimum Gasteiger partial charge on any atom is -0.325 e. The smallest absolute Gasteiger partial charge is 0.266 e. The molecule has 1 heterocycles. The Morgan fingerprint density at radius 3 is 2.81 bits per heavy atom. The van der Waals surface area contributed by atoms with Gasteiger partial charge < -0.3 is 4.90 Å². The Bertz CT molecular complexity index is 422. The summed E-state index contributed by atoms with van der Waals surface area (Å²) in [5.74, 6) is -0.147. The average Bonchev–Trinajstić information content (AvgIpc) is 2.59. The van der Waals surface area contributed by atoms with Crippen molar-refractivity contribution in [3.05, 3.63) is 20.8 Å². The first-order valence-corrected chi connectivity index (χ1v) is 6.27. The maximum Gasteiger partial charge on any atom is 0.266 e. The van der Waals surface area contributed by atoms with Crippen molar-refractivity contribution in [3.63, 3.8) is 0 Å². The summed E-state index contributed by atoms with van der Waals surface area (Å²) in [4.78, 5) is 14.1. The summed E-state index contributed by atoms with van der Waals surface area (Å²) < 4.78 is 0. The van der Waals surface area contributed by atoms with E-state index in [9.17, 15) is 4.79 Å². The third kappa shape index (κ3) is 2.75. The average molecular weight is 257 g/mol. The van der Waals surface area contributed by atoms with Gasteiger partial charge in [-0.3, -0.25) is 4.79 Å². The second-order valence-corrected chi connectivity index (χ2v) is 4.70. The van der Waals surface area contributed by atoms with Gasteiger partial charge in [-0.1, -0.05) is 18.5 Å². The number of carbonyl (C=O) groups excluding carboxylic acids is 1. The van der Waals surface area contributed by atoms with Crippen LogP contribution >= 0.6 is 22.9 Å². The van der Waals surface area contributed by atoms with Crippen molar-refractivity contribution in [1.29, 1.82) is 5.26 Å². The minimum absolute atomic E-state index is 0.111. The number of rotatable bonds is 4. The van der Waals surface area contributed by atoms with Gasteiger partial charge in [0.1, 0.15) is 11.4 Å². The molecule has 1 amide bonds. The summed E-state index contributed by atoms with van der Waals surface area (Å²) in [6, 6.07) is 2.00. The summed E-state index contributed by atoms with van der Waals surface area (Å²) in [7, 11) is 0. The predicted molar refractivity (Wildman–Crippen MR) is 65.9 cm³/mol. The van der Waals surface area contributed by atoms with Crippen LogP contribution in [-0.2, 0) is 0 Å². The number of hydrogen-bond acceptors (Lipinski definition) is 3. The Kier molecular flexibility index (Phi) is 4.78. The van der Waals surface area contributed by atoms with Gasteiger partial charge in [-0.15, -0.1) is 11.3 Å². The molecule has 0 aliphatic heterocycles. The zero-order chi connectivity index (χ0) is 12.1. The first kappa shape index (κ1) is 13.0. The van der Waals surface area contributed by atoms with E-state index in [1.165, 1.54) is 16.2 Å². The highest BCUT2D eigenvalue weighted by Crippen LogP contribution is 2.28. The van der Waals surface area contributed by atoms with Gasteiger partial charge in [0.15, 0.2) is 0 Å². The van der Waals surface area contributed by atoms with Gasteiger partial charge in [0.2, 0.25) is 0 Å². The molecule has 0 N–H and O–H groups in total. The highest BCUT2D eigenvalue weighted by atomic mass is 35.5. The topological polar surface area (TPSA) is 44.1 Å².